The van der Waals surface area contributed by atoms with E-state index in [0.717, 1.165) is 42.7 Å². The highest BCUT2D eigenvalue weighted by atomic mass is 16.5. The molecule has 0 saturated carbocycles. The van der Waals surface area contributed by atoms with E-state index in [1.807, 2.05) is 36.4 Å². The van der Waals surface area contributed by atoms with Crippen molar-refractivity contribution in [2.45, 2.75) is 97.7 Å². The Hall–Kier alpha value is -3.11. The molecule has 0 aliphatic carbocycles. The number of hydrogen-bond donors (Lipinski definition) is 0. The molecule has 0 spiro atoms. The van der Waals surface area contributed by atoms with E-state index in [1.165, 1.54) is 44.1 Å². The number of carbonyl (C=O) groups excluding carboxylic acids is 1. The molecule has 39 heavy (non-hydrogen) atoms. The van der Waals surface area contributed by atoms with Crippen LogP contribution in [0.2, 0.25) is 0 Å². The molecule has 0 aliphatic rings. The normalized spacial score (nSPS) is 12.6. The lowest BCUT2D eigenvalue weighted by atomic mass is 10.0. The molecule has 4 heteroatoms. The van der Waals surface area contributed by atoms with Gasteiger partial charge >= 0.3 is 5.97 Å². The van der Waals surface area contributed by atoms with E-state index in [-0.39, 0.29) is 18.2 Å². The molecule has 3 aromatic carbocycles. The first-order chi connectivity index (χ1) is 19.0. The summed E-state index contributed by atoms with van der Waals surface area (Å²) in [5, 5.41) is 0. The van der Waals surface area contributed by atoms with Crippen LogP contribution < -0.4 is 9.47 Å². The predicted molar refractivity (Wildman–Crippen MR) is 161 cm³/mol. The number of carbonyl (C=O) groups is 1. The van der Waals surface area contributed by atoms with Gasteiger partial charge in [-0.05, 0) is 79.8 Å². The molecule has 0 aromatic heterocycles. The lowest BCUT2D eigenvalue weighted by Gasteiger charge is -2.14. The van der Waals surface area contributed by atoms with Crippen LogP contribution in [-0.2, 0) is 4.74 Å². The topological polar surface area (TPSA) is 44.8 Å². The minimum absolute atomic E-state index is 0.0802. The molecular weight excluding hydrogens is 484 g/mol. The van der Waals surface area contributed by atoms with Gasteiger partial charge in [-0.15, -0.1) is 0 Å². The van der Waals surface area contributed by atoms with Gasteiger partial charge in [-0.2, -0.15) is 0 Å². The van der Waals surface area contributed by atoms with Crippen molar-refractivity contribution in [3.05, 3.63) is 83.9 Å². The Kier molecular flexibility index (Phi) is 13.1. The molecule has 0 radical (unpaired) electrons. The molecule has 0 amide bonds. The van der Waals surface area contributed by atoms with Gasteiger partial charge in [-0.25, -0.2) is 4.79 Å². The van der Waals surface area contributed by atoms with Gasteiger partial charge in [0, 0.05) is 6.61 Å². The highest BCUT2D eigenvalue weighted by molar-refractivity contribution is 5.91. The van der Waals surface area contributed by atoms with E-state index in [1.54, 1.807) is 12.1 Å². The van der Waals surface area contributed by atoms with Gasteiger partial charge in [-0.1, -0.05) is 95.2 Å². The zero-order valence-corrected chi connectivity index (χ0v) is 24.3. The summed E-state index contributed by atoms with van der Waals surface area (Å²) in [7, 11) is 0. The van der Waals surface area contributed by atoms with Gasteiger partial charge in [0.25, 0.3) is 0 Å². The van der Waals surface area contributed by atoms with Crippen molar-refractivity contribution in [3.8, 4) is 22.6 Å². The average molecular weight is 531 g/mol. The van der Waals surface area contributed by atoms with Gasteiger partial charge in [-0.3, -0.25) is 0 Å². The largest absolute Gasteiger partial charge is 0.491 e. The number of hydrogen-bond acceptors (Lipinski definition) is 4. The van der Waals surface area contributed by atoms with Crippen molar-refractivity contribution in [1.82, 2.24) is 0 Å². The van der Waals surface area contributed by atoms with Crippen LogP contribution in [0.1, 0.15) is 108 Å². The van der Waals surface area contributed by atoms with E-state index in [9.17, 15) is 4.79 Å². The monoisotopic (exact) mass is 530 g/mol. The van der Waals surface area contributed by atoms with Crippen molar-refractivity contribution in [2.75, 3.05) is 6.61 Å². The fourth-order valence-corrected chi connectivity index (χ4v) is 4.61. The fraction of sp³-hybridized carbons (Fsp3) is 0.457. The minimum atomic E-state index is -0.378. The molecule has 0 fully saturated rings. The van der Waals surface area contributed by atoms with E-state index in [0.29, 0.717) is 11.3 Å². The molecule has 4 nitrogen and oxygen atoms in total. The van der Waals surface area contributed by atoms with Crippen molar-refractivity contribution in [1.29, 1.82) is 0 Å². The molecule has 0 aliphatic heterocycles. The predicted octanol–water partition coefficient (Wildman–Crippen LogP) is 9.97. The van der Waals surface area contributed by atoms with Crippen LogP contribution in [0.3, 0.4) is 0 Å². The third-order valence-electron chi connectivity index (χ3n) is 7.02. The van der Waals surface area contributed by atoms with Gasteiger partial charge in [0.05, 0.1) is 17.8 Å². The van der Waals surface area contributed by atoms with E-state index in [4.69, 9.17) is 14.2 Å². The Labute approximate surface area is 235 Å². The first kappa shape index (κ1) is 30.4. The van der Waals surface area contributed by atoms with Gasteiger partial charge in [0.15, 0.2) is 0 Å². The van der Waals surface area contributed by atoms with Crippen LogP contribution in [0.5, 0.6) is 11.5 Å². The number of unbranched alkanes of at least 4 members (excludes halogenated alkanes) is 6. The molecule has 3 aromatic rings. The summed E-state index contributed by atoms with van der Waals surface area (Å²) < 4.78 is 17.5. The Morgan fingerprint density at radius 3 is 1.85 bits per heavy atom. The summed E-state index contributed by atoms with van der Waals surface area (Å²) in [5.74, 6) is 0.899. The maximum absolute atomic E-state index is 12.6. The second-order valence-corrected chi connectivity index (χ2v) is 10.4. The second-order valence-electron chi connectivity index (χ2n) is 10.4. The second kappa shape index (κ2) is 16.8. The van der Waals surface area contributed by atoms with Gasteiger partial charge < -0.3 is 14.2 Å². The molecule has 0 bridgehead atoms. The van der Waals surface area contributed by atoms with Gasteiger partial charge in [0.1, 0.15) is 11.5 Å². The fourth-order valence-electron chi connectivity index (χ4n) is 4.61. The molecule has 2 unspecified atom stereocenters. The lowest BCUT2D eigenvalue weighted by molar-refractivity contribution is 0.0627. The molecule has 3 rings (SSSR count). The third kappa shape index (κ3) is 10.5. The zero-order valence-electron chi connectivity index (χ0n) is 24.3. The number of benzene rings is 3. The standard InChI is InChI=1S/C35H46O4/c1-5-7-8-9-10-11-12-26-37-28(4)29-14-16-30(17-15-29)31-18-20-32(21-19-31)35(36)39-34-24-22-33(23-25-34)38-27(3)13-6-2/h14-25,27-28H,5-13,26H2,1-4H3. The quantitative estimate of drug-likeness (QED) is 0.0989. The maximum atomic E-state index is 12.6. The third-order valence-corrected chi connectivity index (χ3v) is 7.02. The first-order valence-corrected chi connectivity index (χ1v) is 14.8. The van der Waals surface area contributed by atoms with Crippen LogP contribution in [-0.4, -0.2) is 18.7 Å². The average Bonchev–Trinajstić information content (AvgIpc) is 2.95. The molecule has 0 N–H and O–H groups in total. The van der Waals surface area contributed by atoms with Crippen LogP contribution in [0.4, 0.5) is 0 Å². The SMILES string of the molecule is CCCCCCCCCOC(C)c1ccc(-c2ccc(C(=O)Oc3ccc(OC(C)CCC)cc3)cc2)cc1. The lowest BCUT2D eigenvalue weighted by Crippen LogP contribution is -2.11. The number of rotatable bonds is 17. The Morgan fingerprint density at radius 1 is 0.667 bits per heavy atom. The zero-order chi connectivity index (χ0) is 27.9. The van der Waals surface area contributed by atoms with Gasteiger partial charge in [0.2, 0.25) is 0 Å². The van der Waals surface area contributed by atoms with E-state index in [2.05, 4.69) is 52.0 Å². The summed E-state index contributed by atoms with van der Waals surface area (Å²) in [6.07, 6.45) is 11.4. The summed E-state index contributed by atoms with van der Waals surface area (Å²) in [6.45, 7) is 9.38. The van der Waals surface area contributed by atoms with Crippen molar-refractivity contribution < 1.29 is 19.0 Å². The number of esters is 1. The van der Waals surface area contributed by atoms with Crippen LogP contribution >= 0.6 is 0 Å². The smallest absolute Gasteiger partial charge is 0.343 e. The molecular formula is C35H46O4. The van der Waals surface area contributed by atoms with E-state index < -0.39 is 0 Å². The highest BCUT2D eigenvalue weighted by Crippen LogP contribution is 2.25. The number of ether oxygens (including phenoxy) is 3. The maximum Gasteiger partial charge on any atom is 0.343 e. The van der Waals surface area contributed by atoms with E-state index >= 15 is 0 Å². The summed E-state index contributed by atoms with van der Waals surface area (Å²) in [4.78, 5) is 12.6. The molecule has 210 valence electrons. The summed E-state index contributed by atoms with van der Waals surface area (Å²) >= 11 is 0. The van der Waals surface area contributed by atoms with Crippen LogP contribution in [0, 0.1) is 0 Å². The summed E-state index contributed by atoms with van der Waals surface area (Å²) in [5.41, 5.74) is 3.85. The van der Waals surface area contributed by atoms with Crippen LogP contribution in [0.15, 0.2) is 72.8 Å². The molecule has 2 atom stereocenters. The minimum Gasteiger partial charge on any atom is -0.491 e. The highest BCUT2D eigenvalue weighted by Gasteiger charge is 2.11. The molecule has 0 heterocycles. The molecule has 0 saturated heterocycles. The first-order valence-electron chi connectivity index (χ1n) is 14.8. The van der Waals surface area contributed by atoms with Crippen LogP contribution in [0.25, 0.3) is 11.1 Å². The van der Waals surface area contributed by atoms with Crippen molar-refractivity contribution >= 4 is 5.97 Å². The van der Waals surface area contributed by atoms with Crippen molar-refractivity contribution in [2.24, 2.45) is 0 Å². The Balaban J connectivity index is 1.45. The Bertz CT molecular complexity index is 1090. The Morgan fingerprint density at radius 2 is 1.23 bits per heavy atom. The summed E-state index contributed by atoms with van der Waals surface area (Å²) in [6, 6.07) is 23.2. The van der Waals surface area contributed by atoms with Crippen molar-refractivity contribution in [3.63, 3.8) is 0 Å².